The van der Waals surface area contributed by atoms with E-state index in [4.69, 9.17) is 10.9 Å². The van der Waals surface area contributed by atoms with Crippen molar-refractivity contribution in [3.63, 3.8) is 0 Å². The maximum Gasteiger partial charge on any atom is 0.156 e. The Morgan fingerprint density at radius 1 is 1.68 bits per heavy atom. The lowest BCUT2D eigenvalue weighted by molar-refractivity contribution is 0.271. The minimum Gasteiger partial charge on any atom is -0.409 e. The highest BCUT2D eigenvalue weighted by Gasteiger charge is 2.28. The first-order chi connectivity index (χ1) is 9.15. The van der Waals surface area contributed by atoms with E-state index in [1.54, 1.807) is 0 Å². The molecule has 106 valence electrons. The van der Waals surface area contributed by atoms with Gasteiger partial charge in [-0.1, -0.05) is 12.1 Å². The van der Waals surface area contributed by atoms with Crippen molar-refractivity contribution in [3.8, 4) is 0 Å². The lowest BCUT2D eigenvalue weighted by atomic mass is 10.2. The monoisotopic (exact) mass is 265 g/mol. The van der Waals surface area contributed by atoms with Crippen molar-refractivity contribution >= 4 is 5.84 Å². The lowest BCUT2D eigenvalue weighted by Crippen LogP contribution is -2.40. The van der Waals surface area contributed by atoms with Crippen LogP contribution in [0.3, 0.4) is 0 Å². The molecule has 0 amide bonds. The Hall–Kier alpha value is -1.56. The maximum atomic E-state index is 8.80. The van der Waals surface area contributed by atoms with Crippen LogP contribution in [0.2, 0.25) is 0 Å². The van der Waals surface area contributed by atoms with E-state index < -0.39 is 0 Å². The van der Waals surface area contributed by atoms with E-state index in [2.05, 4.69) is 29.0 Å². The minimum absolute atomic E-state index is 0.0405. The highest BCUT2D eigenvalue weighted by molar-refractivity contribution is 5.85. The molecule has 2 unspecified atom stereocenters. The fourth-order valence-electron chi connectivity index (χ4n) is 2.52. The number of oxime groups is 1. The normalized spacial score (nSPS) is 22.8. The molecule has 0 aromatic carbocycles. The van der Waals surface area contributed by atoms with Gasteiger partial charge in [0.1, 0.15) is 0 Å². The maximum absolute atomic E-state index is 8.80. The summed E-state index contributed by atoms with van der Waals surface area (Å²) in [7, 11) is 0. The molecule has 1 fully saturated rings. The largest absolute Gasteiger partial charge is 0.409 e. The first kappa shape index (κ1) is 13.9. The van der Waals surface area contributed by atoms with Gasteiger partial charge < -0.3 is 10.9 Å². The molecule has 1 aliphatic rings. The number of nitrogens with zero attached hydrogens (tertiary/aromatic N) is 4. The van der Waals surface area contributed by atoms with Gasteiger partial charge in [0.2, 0.25) is 0 Å². The van der Waals surface area contributed by atoms with Crippen LogP contribution < -0.4 is 5.73 Å². The van der Waals surface area contributed by atoms with Crippen molar-refractivity contribution < 1.29 is 5.21 Å². The Kier molecular flexibility index (Phi) is 4.42. The predicted octanol–water partition coefficient (Wildman–Crippen LogP) is 1.56. The Morgan fingerprint density at radius 2 is 2.47 bits per heavy atom. The second-order valence-electron chi connectivity index (χ2n) is 5.20. The Morgan fingerprint density at radius 3 is 3.16 bits per heavy atom. The van der Waals surface area contributed by atoms with Crippen LogP contribution in [0.4, 0.5) is 0 Å². The van der Waals surface area contributed by atoms with Crippen molar-refractivity contribution in [2.24, 2.45) is 10.9 Å². The number of nitrogens with two attached hydrogens (primary N) is 1. The highest BCUT2D eigenvalue weighted by Crippen LogP contribution is 2.20. The van der Waals surface area contributed by atoms with E-state index in [-0.39, 0.29) is 6.04 Å². The summed E-state index contributed by atoms with van der Waals surface area (Å²) in [4.78, 5) is 2.22. The van der Waals surface area contributed by atoms with Gasteiger partial charge in [-0.15, -0.1) is 0 Å². The molecule has 19 heavy (non-hydrogen) atoms. The summed E-state index contributed by atoms with van der Waals surface area (Å²) in [6, 6.07) is 2.51. The molecule has 2 atom stereocenters. The molecule has 6 heteroatoms. The van der Waals surface area contributed by atoms with Crippen molar-refractivity contribution in [3.05, 3.63) is 18.0 Å². The third-order valence-electron chi connectivity index (χ3n) is 3.89. The summed E-state index contributed by atoms with van der Waals surface area (Å²) >= 11 is 0. The Bertz CT molecular complexity index is 442. The molecule has 2 rings (SSSR count). The third-order valence-corrected chi connectivity index (χ3v) is 3.89. The molecule has 0 radical (unpaired) electrons. The first-order valence-corrected chi connectivity index (χ1v) is 6.91. The Balaban J connectivity index is 2.02. The zero-order valence-electron chi connectivity index (χ0n) is 11.7. The van der Waals surface area contributed by atoms with Gasteiger partial charge in [0.05, 0.1) is 11.7 Å². The quantitative estimate of drug-likeness (QED) is 0.366. The molecule has 0 saturated carbocycles. The van der Waals surface area contributed by atoms with Crippen LogP contribution in [0.1, 0.15) is 44.8 Å². The zero-order chi connectivity index (χ0) is 13.8. The lowest BCUT2D eigenvalue weighted by Gasteiger charge is -2.22. The molecule has 0 bridgehead atoms. The van der Waals surface area contributed by atoms with Gasteiger partial charge in [-0.3, -0.25) is 9.58 Å². The SMILES string of the molecule is CCC(C)n1ccc(CN2CCCC2C(N)=NO)n1. The molecule has 0 aliphatic carbocycles. The van der Waals surface area contributed by atoms with Crippen LogP contribution in [0, 0.1) is 0 Å². The van der Waals surface area contributed by atoms with E-state index in [9.17, 15) is 0 Å². The van der Waals surface area contributed by atoms with Crippen LogP contribution in [-0.4, -0.2) is 38.3 Å². The van der Waals surface area contributed by atoms with E-state index in [1.807, 2.05) is 16.9 Å². The van der Waals surface area contributed by atoms with Gasteiger partial charge in [0.15, 0.2) is 5.84 Å². The van der Waals surface area contributed by atoms with Gasteiger partial charge in [-0.05, 0) is 38.8 Å². The summed E-state index contributed by atoms with van der Waals surface area (Å²) in [6.45, 7) is 6.04. The first-order valence-electron chi connectivity index (χ1n) is 6.91. The van der Waals surface area contributed by atoms with Crippen LogP contribution in [0.15, 0.2) is 17.4 Å². The molecular formula is C13H23N5O. The number of rotatable bonds is 5. The smallest absolute Gasteiger partial charge is 0.156 e. The zero-order valence-corrected chi connectivity index (χ0v) is 11.7. The molecule has 1 aromatic rings. The third kappa shape index (κ3) is 3.07. The van der Waals surface area contributed by atoms with Crippen molar-refractivity contribution in [2.45, 2.75) is 51.7 Å². The Labute approximate surface area is 113 Å². The van der Waals surface area contributed by atoms with E-state index >= 15 is 0 Å². The summed E-state index contributed by atoms with van der Waals surface area (Å²) in [6.07, 6.45) is 5.12. The summed E-state index contributed by atoms with van der Waals surface area (Å²) in [5.41, 5.74) is 6.77. The predicted molar refractivity (Wildman–Crippen MR) is 74.1 cm³/mol. The van der Waals surface area contributed by atoms with Crippen LogP contribution in [-0.2, 0) is 6.54 Å². The number of likely N-dealkylation sites (tertiary alicyclic amines) is 1. The molecule has 2 heterocycles. The molecule has 1 aromatic heterocycles. The van der Waals surface area contributed by atoms with Crippen LogP contribution in [0.5, 0.6) is 0 Å². The van der Waals surface area contributed by atoms with Crippen molar-refractivity contribution in [1.29, 1.82) is 0 Å². The summed E-state index contributed by atoms with van der Waals surface area (Å²) < 4.78 is 2.00. The number of hydrogen-bond acceptors (Lipinski definition) is 4. The number of aromatic nitrogens is 2. The summed E-state index contributed by atoms with van der Waals surface area (Å²) in [5, 5.41) is 16.5. The second-order valence-corrected chi connectivity index (χ2v) is 5.20. The summed E-state index contributed by atoms with van der Waals surface area (Å²) in [5.74, 6) is 0.304. The number of amidine groups is 1. The minimum atomic E-state index is 0.0405. The van der Waals surface area contributed by atoms with Gasteiger partial charge in [0, 0.05) is 18.8 Å². The molecule has 6 nitrogen and oxygen atoms in total. The topological polar surface area (TPSA) is 79.7 Å². The van der Waals surface area contributed by atoms with Crippen molar-refractivity contribution in [1.82, 2.24) is 14.7 Å². The average Bonchev–Trinajstić information content (AvgIpc) is 3.06. The van der Waals surface area contributed by atoms with Gasteiger partial charge in [-0.2, -0.15) is 5.10 Å². The van der Waals surface area contributed by atoms with E-state index in [1.165, 1.54) is 0 Å². The molecule has 1 saturated heterocycles. The van der Waals surface area contributed by atoms with Crippen LogP contribution in [0.25, 0.3) is 0 Å². The van der Waals surface area contributed by atoms with E-state index in [0.717, 1.165) is 38.0 Å². The average molecular weight is 265 g/mol. The molecule has 1 aliphatic heterocycles. The van der Waals surface area contributed by atoms with Crippen LogP contribution >= 0.6 is 0 Å². The number of hydrogen-bond donors (Lipinski definition) is 2. The second kappa shape index (κ2) is 6.06. The highest BCUT2D eigenvalue weighted by atomic mass is 16.4. The van der Waals surface area contributed by atoms with E-state index in [0.29, 0.717) is 11.9 Å². The molecular weight excluding hydrogens is 242 g/mol. The van der Waals surface area contributed by atoms with Gasteiger partial charge in [0.25, 0.3) is 0 Å². The van der Waals surface area contributed by atoms with Gasteiger partial charge in [-0.25, -0.2) is 0 Å². The van der Waals surface area contributed by atoms with Crippen molar-refractivity contribution in [2.75, 3.05) is 6.54 Å². The van der Waals surface area contributed by atoms with Gasteiger partial charge >= 0.3 is 0 Å². The molecule has 0 spiro atoms. The fraction of sp³-hybridized carbons (Fsp3) is 0.692. The fourth-order valence-corrected chi connectivity index (χ4v) is 2.52. The molecule has 3 N–H and O–H groups in total. The standard InChI is InChI=1S/C13H23N5O/c1-3-10(2)18-8-6-11(15-18)9-17-7-4-5-12(17)13(14)16-19/h6,8,10,12,19H,3-5,7,9H2,1-2H3,(H2,14,16).